The molecule has 0 atom stereocenters. The smallest absolute Gasteiger partial charge is 0.222 e. The minimum absolute atomic E-state index is 0.319. The van der Waals surface area contributed by atoms with E-state index in [0.29, 0.717) is 5.95 Å². The van der Waals surface area contributed by atoms with Crippen molar-refractivity contribution in [2.24, 2.45) is 0 Å². The molecule has 19 heavy (non-hydrogen) atoms. The van der Waals surface area contributed by atoms with Gasteiger partial charge >= 0.3 is 0 Å². The molecule has 1 aliphatic heterocycles. The summed E-state index contributed by atoms with van der Waals surface area (Å²) in [5.41, 5.74) is 15.5. The van der Waals surface area contributed by atoms with Gasteiger partial charge in [0.05, 0.1) is 5.69 Å². The van der Waals surface area contributed by atoms with Crippen molar-refractivity contribution in [3.05, 3.63) is 29.8 Å². The predicted molar refractivity (Wildman–Crippen MR) is 77.9 cm³/mol. The first-order chi connectivity index (χ1) is 9.15. The van der Waals surface area contributed by atoms with Crippen LogP contribution >= 0.6 is 0 Å². The van der Waals surface area contributed by atoms with Gasteiger partial charge in [-0.1, -0.05) is 12.1 Å². The zero-order valence-electron chi connectivity index (χ0n) is 10.9. The monoisotopic (exact) mass is 255 g/mol. The molecule has 0 spiro atoms. The zero-order valence-corrected chi connectivity index (χ0v) is 10.9. The van der Waals surface area contributed by atoms with Gasteiger partial charge in [-0.3, -0.25) is 0 Å². The standard InChI is InChI=1S/C14H17N5/c1-19-8-2-3-11-12(17-14(16)18-13(11)19)9-4-6-10(15)7-5-9/h4-7H,2-3,8,15H2,1H3,(H2,16,17,18). The summed E-state index contributed by atoms with van der Waals surface area (Å²) in [5, 5.41) is 0. The van der Waals surface area contributed by atoms with Crippen molar-refractivity contribution in [3.8, 4) is 11.3 Å². The minimum Gasteiger partial charge on any atom is -0.399 e. The lowest BCUT2D eigenvalue weighted by Crippen LogP contribution is -2.27. The van der Waals surface area contributed by atoms with Crippen LogP contribution in [0.3, 0.4) is 0 Å². The second-order valence-electron chi connectivity index (χ2n) is 4.88. The van der Waals surface area contributed by atoms with Gasteiger partial charge in [-0.05, 0) is 25.0 Å². The van der Waals surface area contributed by atoms with E-state index in [9.17, 15) is 0 Å². The summed E-state index contributed by atoms with van der Waals surface area (Å²) < 4.78 is 0. The lowest BCUT2D eigenvalue weighted by Gasteiger charge is -2.27. The van der Waals surface area contributed by atoms with Crippen LogP contribution in [-0.2, 0) is 6.42 Å². The van der Waals surface area contributed by atoms with Crippen LogP contribution in [-0.4, -0.2) is 23.6 Å². The van der Waals surface area contributed by atoms with Gasteiger partial charge in [-0.2, -0.15) is 4.98 Å². The fourth-order valence-electron chi connectivity index (χ4n) is 2.51. The molecule has 1 aliphatic rings. The largest absolute Gasteiger partial charge is 0.399 e. The van der Waals surface area contributed by atoms with Crippen LogP contribution in [0.15, 0.2) is 24.3 Å². The van der Waals surface area contributed by atoms with Crippen LogP contribution < -0.4 is 16.4 Å². The summed E-state index contributed by atoms with van der Waals surface area (Å²) in [6.45, 7) is 1.00. The van der Waals surface area contributed by atoms with Crippen LogP contribution in [0.25, 0.3) is 11.3 Å². The minimum atomic E-state index is 0.319. The first-order valence-corrected chi connectivity index (χ1v) is 6.38. The van der Waals surface area contributed by atoms with Gasteiger partial charge in [-0.25, -0.2) is 4.98 Å². The second-order valence-corrected chi connectivity index (χ2v) is 4.88. The molecule has 1 aromatic heterocycles. The molecule has 2 heterocycles. The van der Waals surface area contributed by atoms with Crippen LogP contribution in [0.2, 0.25) is 0 Å². The van der Waals surface area contributed by atoms with Gasteiger partial charge in [0.25, 0.3) is 0 Å². The molecule has 0 bridgehead atoms. The average molecular weight is 255 g/mol. The maximum absolute atomic E-state index is 5.84. The van der Waals surface area contributed by atoms with E-state index < -0.39 is 0 Å². The van der Waals surface area contributed by atoms with E-state index in [4.69, 9.17) is 11.5 Å². The Bertz CT molecular complexity index is 606. The molecular weight excluding hydrogens is 238 g/mol. The van der Waals surface area contributed by atoms with E-state index in [-0.39, 0.29) is 0 Å². The third-order valence-corrected chi connectivity index (χ3v) is 3.47. The molecule has 0 fully saturated rings. The van der Waals surface area contributed by atoms with E-state index >= 15 is 0 Å². The Hall–Kier alpha value is -2.30. The number of aromatic nitrogens is 2. The Kier molecular flexibility index (Phi) is 2.74. The van der Waals surface area contributed by atoms with Gasteiger partial charge in [0.2, 0.25) is 5.95 Å². The third kappa shape index (κ3) is 2.07. The maximum Gasteiger partial charge on any atom is 0.222 e. The molecule has 0 radical (unpaired) electrons. The average Bonchev–Trinajstić information content (AvgIpc) is 2.40. The normalized spacial score (nSPS) is 14.3. The van der Waals surface area contributed by atoms with Crippen molar-refractivity contribution in [3.63, 3.8) is 0 Å². The van der Waals surface area contributed by atoms with Crippen molar-refractivity contribution in [2.75, 3.05) is 30.0 Å². The number of nitrogens with two attached hydrogens (primary N) is 2. The van der Waals surface area contributed by atoms with Gasteiger partial charge in [-0.15, -0.1) is 0 Å². The Morgan fingerprint density at radius 3 is 2.58 bits per heavy atom. The molecule has 0 saturated carbocycles. The van der Waals surface area contributed by atoms with E-state index in [1.165, 1.54) is 5.56 Å². The fourth-order valence-corrected chi connectivity index (χ4v) is 2.51. The van der Waals surface area contributed by atoms with Crippen LogP contribution in [0.4, 0.5) is 17.5 Å². The number of hydrogen-bond acceptors (Lipinski definition) is 5. The Balaban J connectivity index is 2.18. The van der Waals surface area contributed by atoms with Crippen LogP contribution in [0.1, 0.15) is 12.0 Å². The van der Waals surface area contributed by atoms with E-state index in [0.717, 1.165) is 42.1 Å². The Labute approximate surface area is 112 Å². The SMILES string of the molecule is CN1CCCc2c(-c3ccc(N)cc3)nc(N)nc21. The van der Waals surface area contributed by atoms with Gasteiger partial charge in [0.15, 0.2) is 0 Å². The highest BCUT2D eigenvalue weighted by molar-refractivity contribution is 5.72. The van der Waals surface area contributed by atoms with Crippen LogP contribution in [0.5, 0.6) is 0 Å². The maximum atomic E-state index is 5.84. The number of fused-ring (bicyclic) bond motifs is 1. The number of hydrogen-bond donors (Lipinski definition) is 2. The lowest BCUT2D eigenvalue weighted by molar-refractivity contribution is 0.728. The summed E-state index contributed by atoms with van der Waals surface area (Å²) in [5.74, 6) is 1.27. The van der Waals surface area contributed by atoms with Crippen molar-refractivity contribution in [2.45, 2.75) is 12.8 Å². The lowest BCUT2D eigenvalue weighted by atomic mass is 9.99. The molecule has 5 heteroatoms. The highest BCUT2D eigenvalue weighted by Gasteiger charge is 2.21. The molecule has 4 N–H and O–H groups in total. The number of rotatable bonds is 1. The van der Waals surface area contributed by atoms with E-state index in [1.54, 1.807) is 0 Å². The topological polar surface area (TPSA) is 81.1 Å². The molecule has 0 amide bonds. The van der Waals surface area contributed by atoms with E-state index in [2.05, 4.69) is 14.9 Å². The van der Waals surface area contributed by atoms with Crippen molar-refractivity contribution in [1.29, 1.82) is 0 Å². The highest BCUT2D eigenvalue weighted by atomic mass is 15.2. The van der Waals surface area contributed by atoms with Crippen molar-refractivity contribution < 1.29 is 0 Å². The van der Waals surface area contributed by atoms with Crippen LogP contribution in [0, 0.1) is 0 Å². The zero-order chi connectivity index (χ0) is 13.4. The molecule has 0 aliphatic carbocycles. The van der Waals surface area contributed by atoms with Gasteiger partial charge in [0.1, 0.15) is 5.82 Å². The summed E-state index contributed by atoms with van der Waals surface area (Å²) in [4.78, 5) is 10.9. The molecular formula is C14H17N5. The Morgan fingerprint density at radius 1 is 1.11 bits per heavy atom. The quantitative estimate of drug-likeness (QED) is 0.758. The number of anilines is 3. The fraction of sp³-hybridized carbons (Fsp3) is 0.286. The first-order valence-electron chi connectivity index (χ1n) is 6.38. The number of benzene rings is 1. The van der Waals surface area contributed by atoms with Gasteiger partial charge < -0.3 is 16.4 Å². The summed E-state index contributed by atoms with van der Waals surface area (Å²) in [7, 11) is 2.04. The molecule has 3 rings (SSSR count). The predicted octanol–water partition coefficient (Wildman–Crippen LogP) is 1.69. The number of nitrogen functional groups attached to an aromatic ring is 2. The van der Waals surface area contributed by atoms with Gasteiger partial charge in [0, 0.05) is 30.4 Å². The molecule has 0 unspecified atom stereocenters. The van der Waals surface area contributed by atoms with E-state index in [1.807, 2.05) is 31.3 Å². The van der Waals surface area contributed by atoms with Crippen molar-refractivity contribution in [1.82, 2.24) is 9.97 Å². The summed E-state index contributed by atoms with van der Waals surface area (Å²) in [6.07, 6.45) is 2.10. The summed E-state index contributed by atoms with van der Waals surface area (Å²) in [6, 6.07) is 7.72. The molecule has 98 valence electrons. The molecule has 5 nitrogen and oxygen atoms in total. The molecule has 0 saturated heterocycles. The summed E-state index contributed by atoms with van der Waals surface area (Å²) >= 11 is 0. The van der Waals surface area contributed by atoms with Crippen molar-refractivity contribution >= 4 is 17.5 Å². The third-order valence-electron chi connectivity index (χ3n) is 3.47. The first kappa shape index (κ1) is 11.8. The molecule has 1 aromatic carbocycles. The number of nitrogens with zero attached hydrogens (tertiary/aromatic N) is 3. The second kappa shape index (κ2) is 4.42. The Morgan fingerprint density at radius 2 is 1.84 bits per heavy atom. The highest BCUT2D eigenvalue weighted by Crippen LogP contribution is 2.32. The molecule has 2 aromatic rings.